The predicted molar refractivity (Wildman–Crippen MR) is 77.8 cm³/mol. The molecule has 3 N–H and O–H groups in total. The van der Waals surface area contributed by atoms with E-state index in [1.165, 1.54) is 6.07 Å². The Balaban J connectivity index is 2.41. The quantitative estimate of drug-likeness (QED) is 0.749. The molecule has 0 saturated carbocycles. The molecule has 6 nitrogen and oxygen atoms in total. The maximum Gasteiger partial charge on any atom is 0.325 e. The largest absolute Gasteiger partial charge is 0.481 e. The van der Waals surface area contributed by atoms with Crippen molar-refractivity contribution in [1.29, 1.82) is 0 Å². The van der Waals surface area contributed by atoms with Gasteiger partial charge in [0, 0.05) is 23.0 Å². The number of urea groups is 1. The number of aliphatic carboxylic acids is 1. The molecule has 1 rings (SSSR count). The Bertz CT molecular complexity index is 536. The van der Waals surface area contributed by atoms with Gasteiger partial charge in [0.2, 0.25) is 5.91 Å². The first-order chi connectivity index (χ1) is 9.38. The molecule has 8 heteroatoms. The first-order valence-corrected chi connectivity index (χ1v) is 6.83. The van der Waals surface area contributed by atoms with Gasteiger partial charge in [0.05, 0.1) is 5.02 Å². The first kappa shape index (κ1) is 16.5. The number of imide groups is 1. The number of carbonyl (C=O) groups is 3. The molecule has 0 bridgehead atoms. The second-order valence-corrected chi connectivity index (χ2v) is 5.14. The minimum Gasteiger partial charge on any atom is -0.481 e. The summed E-state index contributed by atoms with van der Waals surface area (Å²) in [6.07, 6.45) is 0.0384. The zero-order chi connectivity index (χ0) is 15.1. The van der Waals surface area contributed by atoms with Gasteiger partial charge in [-0.15, -0.1) is 0 Å². The molecule has 0 atom stereocenters. The van der Waals surface area contributed by atoms with Gasteiger partial charge in [-0.1, -0.05) is 11.6 Å². The van der Waals surface area contributed by atoms with Crippen LogP contribution in [-0.2, 0) is 9.59 Å². The SMILES string of the molecule is O=C(O)CCCC(=O)NC(=O)Nc1ccc(Br)c(Cl)c1. The van der Waals surface area contributed by atoms with Crippen molar-refractivity contribution in [2.24, 2.45) is 0 Å². The Kier molecular flexibility index (Phi) is 6.47. The van der Waals surface area contributed by atoms with Crippen LogP contribution in [-0.4, -0.2) is 23.0 Å². The Morgan fingerprint density at radius 1 is 1.25 bits per heavy atom. The lowest BCUT2D eigenvalue weighted by Crippen LogP contribution is -2.34. The van der Waals surface area contributed by atoms with Crippen molar-refractivity contribution in [3.05, 3.63) is 27.7 Å². The van der Waals surface area contributed by atoms with Crippen LogP contribution >= 0.6 is 27.5 Å². The highest BCUT2D eigenvalue weighted by molar-refractivity contribution is 9.10. The molecular weight excluding hydrogens is 351 g/mol. The second kappa shape index (κ2) is 7.86. The molecule has 0 heterocycles. The molecule has 0 aliphatic heterocycles. The van der Waals surface area contributed by atoms with Crippen molar-refractivity contribution in [2.75, 3.05) is 5.32 Å². The van der Waals surface area contributed by atoms with E-state index < -0.39 is 17.9 Å². The molecule has 0 aromatic heterocycles. The van der Waals surface area contributed by atoms with Crippen LogP contribution in [0.15, 0.2) is 22.7 Å². The van der Waals surface area contributed by atoms with Crippen LogP contribution < -0.4 is 10.6 Å². The summed E-state index contributed by atoms with van der Waals surface area (Å²) in [7, 11) is 0. The minimum atomic E-state index is -0.980. The lowest BCUT2D eigenvalue weighted by Gasteiger charge is -2.07. The van der Waals surface area contributed by atoms with Crippen LogP contribution in [0.3, 0.4) is 0 Å². The summed E-state index contributed by atoms with van der Waals surface area (Å²) >= 11 is 9.07. The van der Waals surface area contributed by atoms with Gasteiger partial charge in [-0.2, -0.15) is 0 Å². The van der Waals surface area contributed by atoms with E-state index in [-0.39, 0.29) is 19.3 Å². The zero-order valence-electron chi connectivity index (χ0n) is 10.3. The molecular formula is C12H12BrClN2O4. The molecule has 1 aromatic carbocycles. The lowest BCUT2D eigenvalue weighted by atomic mass is 10.2. The number of carboxylic acids is 1. The van der Waals surface area contributed by atoms with Crippen molar-refractivity contribution in [3.8, 4) is 0 Å². The topological polar surface area (TPSA) is 95.5 Å². The number of hydrogen-bond donors (Lipinski definition) is 3. The van der Waals surface area contributed by atoms with E-state index in [0.717, 1.165) is 0 Å². The third-order valence-corrected chi connectivity index (χ3v) is 3.46. The molecule has 3 amide bonds. The molecule has 0 aliphatic carbocycles. The second-order valence-electron chi connectivity index (χ2n) is 3.88. The molecule has 0 aliphatic rings. The molecule has 0 unspecified atom stereocenters. The predicted octanol–water partition coefficient (Wildman–Crippen LogP) is 3.01. The van der Waals surface area contributed by atoms with Gasteiger partial charge < -0.3 is 10.4 Å². The van der Waals surface area contributed by atoms with Gasteiger partial charge in [-0.25, -0.2) is 4.79 Å². The molecule has 0 fully saturated rings. The first-order valence-electron chi connectivity index (χ1n) is 5.66. The monoisotopic (exact) mass is 362 g/mol. The van der Waals surface area contributed by atoms with Gasteiger partial charge >= 0.3 is 12.0 Å². The van der Waals surface area contributed by atoms with E-state index in [9.17, 15) is 14.4 Å². The van der Waals surface area contributed by atoms with Gasteiger partial charge in [0.1, 0.15) is 0 Å². The molecule has 0 spiro atoms. The highest BCUT2D eigenvalue weighted by Gasteiger charge is 2.09. The van der Waals surface area contributed by atoms with Gasteiger partial charge in [-0.3, -0.25) is 14.9 Å². The fourth-order valence-electron chi connectivity index (χ4n) is 1.33. The third-order valence-electron chi connectivity index (χ3n) is 2.22. The summed E-state index contributed by atoms with van der Waals surface area (Å²) in [5.74, 6) is -1.52. The number of anilines is 1. The third kappa shape index (κ3) is 6.03. The van der Waals surface area contributed by atoms with Crippen LogP contribution in [0.4, 0.5) is 10.5 Å². The van der Waals surface area contributed by atoms with Crippen molar-refractivity contribution >= 4 is 51.1 Å². The summed E-state index contributed by atoms with van der Waals surface area (Å²) in [5.41, 5.74) is 0.439. The fraction of sp³-hybridized carbons (Fsp3) is 0.250. The number of rotatable bonds is 5. The highest BCUT2D eigenvalue weighted by atomic mass is 79.9. The molecule has 108 valence electrons. The van der Waals surface area contributed by atoms with Gasteiger partial charge in [0.15, 0.2) is 0 Å². The molecule has 0 radical (unpaired) electrons. The van der Waals surface area contributed by atoms with E-state index >= 15 is 0 Å². The Hall–Kier alpha value is -1.60. The molecule has 0 saturated heterocycles. The molecule has 20 heavy (non-hydrogen) atoms. The van der Waals surface area contributed by atoms with E-state index in [0.29, 0.717) is 15.2 Å². The molecule has 1 aromatic rings. The number of hydrogen-bond acceptors (Lipinski definition) is 3. The van der Waals surface area contributed by atoms with E-state index in [1.807, 2.05) is 0 Å². The summed E-state index contributed by atoms with van der Waals surface area (Å²) in [4.78, 5) is 33.1. The fourth-order valence-corrected chi connectivity index (χ4v) is 1.75. The summed E-state index contributed by atoms with van der Waals surface area (Å²) < 4.78 is 0.690. The smallest absolute Gasteiger partial charge is 0.325 e. The number of carbonyl (C=O) groups excluding carboxylic acids is 2. The van der Waals surface area contributed by atoms with Crippen molar-refractivity contribution in [1.82, 2.24) is 5.32 Å². The van der Waals surface area contributed by atoms with E-state index in [4.69, 9.17) is 16.7 Å². The van der Waals surface area contributed by atoms with Crippen LogP contribution in [0.1, 0.15) is 19.3 Å². The normalized spacial score (nSPS) is 9.90. The summed E-state index contributed by atoms with van der Waals surface area (Å²) in [5, 5.41) is 13.4. The number of benzene rings is 1. The standard InChI is InChI=1S/C12H12BrClN2O4/c13-8-5-4-7(6-9(8)14)15-12(20)16-10(17)2-1-3-11(18)19/h4-6H,1-3H2,(H,18,19)(H2,15,16,17,20). The average Bonchev–Trinajstić information content (AvgIpc) is 2.33. The number of amides is 3. The van der Waals surface area contributed by atoms with Crippen molar-refractivity contribution in [3.63, 3.8) is 0 Å². The van der Waals surface area contributed by atoms with Crippen LogP contribution in [0.2, 0.25) is 5.02 Å². The Labute approximate surface area is 128 Å². The van der Waals surface area contributed by atoms with Crippen molar-refractivity contribution < 1.29 is 19.5 Å². The lowest BCUT2D eigenvalue weighted by molar-refractivity contribution is -0.137. The Morgan fingerprint density at radius 3 is 2.55 bits per heavy atom. The zero-order valence-corrected chi connectivity index (χ0v) is 12.6. The number of halogens is 2. The van der Waals surface area contributed by atoms with Crippen LogP contribution in [0, 0.1) is 0 Å². The van der Waals surface area contributed by atoms with Crippen molar-refractivity contribution in [2.45, 2.75) is 19.3 Å². The van der Waals surface area contributed by atoms with Crippen LogP contribution in [0.5, 0.6) is 0 Å². The minimum absolute atomic E-state index is 0.0270. The van der Waals surface area contributed by atoms with Gasteiger partial charge in [0.25, 0.3) is 0 Å². The summed E-state index contributed by atoms with van der Waals surface area (Å²) in [6, 6.07) is 4.11. The number of carboxylic acid groups (broad SMARTS) is 1. The maximum absolute atomic E-state index is 11.5. The highest BCUT2D eigenvalue weighted by Crippen LogP contribution is 2.25. The maximum atomic E-state index is 11.5. The average molecular weight is 364 g/mol. The van der Waals surface area contributed by atoms with E-state index in [1.54, 1.807) is 12.1 Å². The van der Waals surface area contributed by atoms with Crippen LogP contribution in [0.25, 0.3) is 0 Å². The summed E-state index contributed by atoms with van der Waals surface area (Å²) in [6.45, 7) is 0. The Morgan fingerprint density at radius 2 is 1.95 bits per heavy atom. The number of nitrogens with one attached hydrogen (secondary N) is 2. The van der Waals surface area contributed by atoms with Gasteiger partial charge in [-0.05, 0) is 40.5 Å². The van der Waals surface area contributed by atoms with E-state index in [2.05, 4.69) is 26.6 Å².